The van der Waals surface area contributed by atoms with Crippen molar-refractivity contribution in [3.05, 3.63) is 25.1 Å². The first kappa shape index (κ1) is 7.32. The summed E-state index contributed by atoms with van der Waals surface area (Å²) in [6, 6.07) is 0.507. The van der Waals surface area contributed by atoms with Crippen LogP contribution in [0.15, 0.2) is 12.5 Å². The van der Waals surface area contributed by atoms with E-state index in [1.807, 2.05) is 12.5 Å². The highest BCUT2D eigenvalue weighted by atomic mass is 15.0. The van der Waals surface area contributed by atoms with Gasteiger partial charge in [-0.3, -0.25) is 0 Å². The zero-order valence-corrected chi connectivity index (χ0v) is 6.54. The van der Waals surface area contributed by atoms with Gasteiger partial charge in [0.05, 0.1) is 12.0 Å². The van der Waals surface area contributed by atoms with Gasteiger partial charge in [-0.25, -0.2) is 4.98 Å². The molecule has 0 saturated carbocycles. The number of hydrogen-bond donors (Lipinski definition) is 0. The number of imidazole rings is 1. The van der Waals surface area contributed by atoms with E-state index in [0.717, 1.165) is 12.1 Å². The molecule has 0 bridgehead atoms. The Bertz CT molecular complexity index is 201. The van der Waals surface area contributed by atoms with E-state index in [-0.39, 0.29) is 0 Å². The predicted molar refractivity (Wildman–Crippen MR) is 41.7 cm³/mol. The predicted octanol–water partition coefficient (Wildman–Crippen LogP) is 1.84. The maximum absolute atomic E-state index is 4.16. The van der Waals surface area contributed by atoms with Crippen LogP contribution >= 0.6 is 0 Å². The lowest BCUT2D eigenvalue weighted by molar-refractivity contribution is 0.599. The molecule has 0 aliphatic heterocycles. The molecule has 0 N–H and O–H groups in total. The smallest absolute Gasteiger partial charge is 0.0951 e. The zero-order chi connectivity index (χ0) is 7.56. The van der Waals surface area contributed by atoms with Gasteiger partial charge in [0.15, 0.2) is 0 Å². The van der Waals surface area contributed by atoms with Gasteiger partial charge in [0, 0.05) is 12.2 Å². The second kappa shape index (κ2) is 2.86. The van der Waals surface area contributed by atoms with Gasteiger partial charge in [0.1, 0.15) is 0 Å². The van der Waals surface area contributed by atoms with Gasteiger partial charge < -0.3 is 4.57 Å². The minimum atomic E-state index is 0.507. The van der Waals surface area contributed by atoms with Crippen LogP contribution in [0, 0.1) is 6.92 Å². The number of hydrogen-bond acceptors (Lipinski definition) is 1. The van der Waals surface area contributed by atoms with E-state index in [9.17, 15) is 0 Å². The van der Waals surface area contributed by atoms with Crippen LogP contribution in [0.4, 0.5) is 0 Å². The van der Waals surface area contributed by atoms with E-state index in [0.29, 0.717) is 6.04 Å². The second-order valence-electron chi connectivity index (χ2n) is 2.66. The standard InChI is InChI=1S/C8H13N2/c1-4-8-5-10(6-9-8)7(2)3/h5-7H,1,4H2,2-3H3. The van der Waals surface area contributed by atoms with Gasteiger partial charge in [-0.05, 0) is 27.2 Å². The van der Waals surface area contributed by atoms with Crippen molar-refractivity contribution in [2.45, 2.75) is 26.3 Å². The van der Waals surface area contributed by atoms with E-state index >= 15 is 0 Å². The van der Waals surface area contributed by atoms with E-state index in [2.05, 4.69) is 30.3 Å². The Hall–Kier alpha value is -0.790. The molecule has 0 aliphatic rings. The highest BCUT2D eigenvalue weighted by molar-refractivity contribution is 4.98. The Morgan fingerprint density at radius 3 is 2.70 bits per heavy atom. The van der Waals surface area contributed by atoms with E-state index in [1.54, 1.807) is 0 Å². The van der Waals surface area contributed by atoms with E-state index < -0.39 is 0 Å². The molecule has 0 saturated heterocycles. The molecular formula is C8H13N2. The van der Waals surface area contributed by atoms with Crippen LogP contribution in [0.3, 0.4) is 0 Å². The molecule has 0 atom stereocenters. The van der Waals surface area contributed by atoms with Crippen molar-refractivity contribution in [3.63, 3.8) is 0 Å². The zero-order valence-electron chi connectivity index (χ0n) is 6.54. The molecule has 2 heteroatoms. The molecule has 2 nitrogen and oxygen atoms in total. The Morgan fingerprint density at radius 1 is 1.70 bits per heavy atom. The first-order valence-electron chi connectivity index (χ1n) is 3.55. The summed E-state index contributed by atoms with van der Waals surface area (Å²) < 4.78 is 2.08. The Kier molecular flexibility index (Phi) is 2.10. The van der Waals surface area contributed by atoms with Crippen molar-refractivity contribution in [1.29, 1.82) is 0 Å². The first-order chi connectivity index (χ1) is 4.74. The molecular weight excluding hydrogens is 124 g/mol. The lowest BCUT2D eigenvalue weighted by Gasteiger charge is -2.03. The maximum atomic E-state index is 4.16. The molecule has 10 heavy (non-hydrogen) atoms. The molecule has 0 unspecified atom stereocenters. The average Bonchev–Trinajstić information content (AvgIpc) is 2.34. The Balaban J connectivity index is 2.78. The third-order valence-corrected chi connectivity index (χ3v) is 1.51. The fourth-order valence-corrected chi connectivity index (χ4v) is 0.791. The molecule has 0 fully saturated rings. The van der Waals surface area contributed by atoms with Gasteiger partial charge in [-0.2, -0.15) is 0 Å². The van der Waals surface area contributed by atoms with Gasteiger partial charge >= 0.3 is 0 Å². The summed E-state index contributed by atoms with van der Waals surface area (Å²) in [5.41, 5.74) is 1.06. The Labute approximate surface area is 61.9 Å². The van der Waals surface area contributed by atoms with Gasteiger partial charge in [-0.15, -0.1) is 0 Å². The quantitative estimate of drug-likeness (QED) is 0.608. The summed E-state index contributed by atoms with van der Waals surface area (Å²) in [7, 11) is 0. The van der Waals surface area contributed by atoms with Crippen molar-refractivity contribution in [2.24, 2.45) is 0 Å². The number of aromatic nitrogens is 2. The normalized spacial score (nSPS) is 10.8. The largest absolute Gasteiger partial charge is 0.335 e. The monoisotopic (exact) mass is 137 g/mol. The van der Waals surface area contributed by atoms with Crippen molar-refractivity contribution in [2.75, 3.05) is 0 Å². The molecule has 1 heterocycles. The van der Waals surface area contributed by atoms with Crippen LogP contribution in [0.1, 0.15) is 25.6 Å². The topological polar surface area (TPSA) is 17.8 Å². The second-order valence-corrected chi connectivity index (χ2v) is 2.66. The van der Waals surface area contributed by atoms with Gasteiger partial charge in [-0.1, -0.05) is 0 Å². The number of rotatable bonds is 2. The van der Waals surface area contributed by atoms with Crippen LogP contribution in [0.25, 0.3) is 0 Å². The molecule has 1 rings (SSSR count). The van der Waals surface area contributed by atoms with E-state index in [4.69, 9.17) is 0 Å². The van der Waals surface area contributed by atoms with Crippen LogP contribution < -0.4 is 0 Å². The minimum absolute atomic E-state index is 0.507. The van der Waals surface area contributed by atoms with Crippen molar-refractivity contribution in [1.82, 2.24) is 9.55 Å². The maximum Gasteiger partial charge on any atom is 0.0951 e. The molecule has 55 valence electrons. The SMILES string of the molecule is [CH2]Cc1cn(C(C)C)cn1. The molecule has 0 aromatic carbocycles. The molecule has 1 radical (unpaired) electrons. The van der Waals surface area contributed by atoms with E-state index in [1.165, 1.54) is 0 Å². The fraction of sp³-hybridized carbons (Fsp3) is 0.500. The average molecular weight is 137 g/mol. The summed E-state index contributed by atoms with van der Waals surface area (Å²) in [5.74, 6) is 0. The van der Waals surface area contributed by atoms with Crippen molar-refractivity contribution < 1.29 is 0 Å². The summed E-state index contributed by atoms with van der Waals surface area (Å²) >= 11 is 0. The lowest BCUT2D eigenvalue weighted by atomic mass is 10.3. The third-order valence-electron chi connectivity index (χ3n) is 1.51. The summed E-state index contributed by atoms with van der Waals surface area (Å²) in [6.45, 7) is 8.02. The molecule has 1 aromatic heterocycles. The molecule has 0 spiro atoms. The van der Waals surface area contributed by atoms with Crippen LogP contribution in [-0.4, -0.2) is 9.55 Å². The summed E-state index contributed by atoms with van der Waals surface area (Å²) in [4.78, 5) is 4.16. The van der Waals surface area contributed by atoms with Gasteiger partial charge in [0.25, 0.3) is 0 Å². The highest BCUT2D eigenvalue weighted by Crippen LogP contribution is 2.04. The number of nitrogens with zero attached hydrogens (tertiary/aromatic N) is 2. The van der Waals surface area contributed by atoms with Crippen LogP contribution in [0.5, 0.6) is 0 Å². The van der Waals surface area contributed by atoms with Crippen LogP contribution in [0.2, 0.25) is 0 Å². The van der Waals surface area contributed by atoms with Crippen molar-refractivity contribution >= 4 is 0 Å². The van der Waals surface area contributed by atoms with Gasteiger partial charge in [0.2, 0.25) is 0 Å². The summed E-state index contributed by atoms with van der Waals surface area (Å²) in [6.07, 6.45) is 4.67. The van der Waals surface area contributed by atoms with Crippen LogP contribution in [-0.2, 0) is 6.42 Å². The molecule has 0 aliphatic carbocycles. The molecule has 0 amide bonds. The van der Waals surface area contributed by atoms with Crippen molar-refractivity contribution in [3.8, 4) is 0 Å². The third kappa shape index (κ3) is 1.38. The fourth-order valence-electron chi connectivity index (χ4n) is 0.791. The Morgan fingerprint density at radius 2 is 2.40 bits per heavy atom. The molecule has 1 aromatic rings. The first-order valence-corrected chi connectivity index (χ1v) is 3.55. The minimum Gasteiger partial charge on any atom is -0.335 e. The highest BCUT2D eigenvalue weighted by Gasteiger charge is 1.97. The lowest BCUT2D eigenvalue weighted by Crippen LogP contribution is -1.95. The summed E-state index contributed by atoms with van der Waals surface area (Å²) in [5, 5.41) is 0.